The van der Waals surface area contributed by atoms with Gasteiger partial charge in [0.1, 0.15) is 0 Å². The van der Waals surface area contributed by atoms with Crippen molar-refractivity contribution in [3.8, 4) is 0 Å². The van der Waals surface area contributed by atoms with Crippen LogP contribution in [-0.2, 0) is 9.53 Å². The summed E-state index contributed by atoms with van der Waals surface area (Å²) >= 11 is 9.31. The Labute approximate surface area is 120 Å². The number of carbonyl (C=O) groups is 1. The number of ether oxygens (including phenoxy) is 1. The summed E-state index contributed by atoms with van der Waals surface area (Å²) in [6.07, 6.45) is -0.855. The van der Waals surface area contributed by atoms with E-state index in [1.54, 1.807) is 24.3 Å². The van der Waals surface area contributed by atoms with E-state index >= 15 is 0 Å². The summed E-state index contributed by atoms with van der Waals surface area (Å²) in [5.41, 5.74) is 0.660. The normalized spacial score (nSPS) is 11.0. The molecule has 0 aliphatic heterocycles. The van der Waals surface area contributed by atoms with E-state index in [1.165, 1.54) is 7.11 Å². The Bertz CT molecular complexity index is 305. The fourth-order valence-electron chi connectivity index (χ4n) is 1.01. The third-order valence-electron chi connectivity index (χ3n) is 1.56. The molecular formula is C9H10BBr3O3. The van der Waals surface area contributed by atoms with E-state index in [0.717, 1.165) is 0 Å². The monoisotopic (exact) mass is 414 g/mol. The Morgan fingerprint density at radius 1 is 1.31 bits per heavy atom. The SMILES string of the molecule is BrB(Br)Br.COC(C(=O)O)c1ccccc1. The van der Waals surface area contributed by atoms with Crippen molar-refractivity contribution in [2.75, 3.05) is 7.11 Å². The van der Waals surface area contributed by atoms with Gasteiger partial charge in [0.05, 0.1) is 0 Å². The Morgan fingerprint density at radius 2 is 1.75 bits per heavy atom. The first-order valence-corrected chi connectivity index (χ1v) is 6.96. The van der Waals surface area contributed by atoms with Gasteiger partial charge in [-0.3, -0.25) is 0 Å². The lowest BCUT2D eigenvalue weighted by molar-refractivity contribution is -0.148. The zero-order valence-corrected chi connectivity index (χ0v) is 13.2. The Kier molecular flexibility index (Phi) is 9.30. The van der Waals surface area contributed by atoms with Crippen LogP contribution in [0.15, 0.2) is 30.3 Å². The Morgan fingerprint density at radius 3 is 2.06 bits per heavy atom. The lowest BCUT2D eigenvalue weighted by Crippen LogP contribution is -2.12. The van der Waals surface area contributed by atoms with Gasteiger partial charge in [0.15, 0.2) is 6.10 Å². The first kappa shape index (κ1) is 16.2. The van der Waals surface area contributed by atoms with E-state index < -0.39 is 12.1 Å². The third-order valence-corrected chi connectivity index (χ3v) is 1.56. The van der Waals surface area contributed by atoms with E-state index in [-0.39, 0.29) is 3.18 Å². The predicted octanol–water partition coefficient (Wildman–Crippen LogP) is 3.61. The second-order valence-corrected chi connectivity index (χ2v) is 9.05. The maximum atomic E-state index is 10.6. The zero-order valence-electron chi connectivity index (χ0n) is 8.44. The highest BCUT2D eigenvalue weighted by Crippen LogP contribution is 2.15. The average molecular weight is 417 g/mol. The molecule has 0 bridgehead atoms. The van der Waals surface area contributed by atoms with Crippen LogP contribution in [0.5, 0.6) is 0 Å². The highest BCUT2D eigenvalue weighted by Gasteiger charge is 2.17. The van der Waals surface area contributed by atoms with Gasteiger partial charge in [-0.15, -0.1) is 47.3 Å². The number of aliphatic carboxylic acids is 1. The molecule has 1 aromatic rings. The van der Waals surface area contributed by atoms with Gasteiger partial charge in [0, 0.05) is 7.11 Å². The van der Waals surface area contributed by atoms with E-state index in [0.29, 0.717) is 5.56 Å². The average Bonchev–Trinajstić information content (AvgIpc) is 2.19. The van der Waals surface area contributed by atoms with Crippen LogP contribution in [0.3, 0.4) is 0 Å². The Hall–Kier alpha value is 0.155. The second kappa shape index (κ2) is 9.21. The van der Waals surface area contributed by atoms with Gasteiger partial charge in [-0.1, -0.05) is 30.3 Å². The summed E-state index contributed by atoms with van der Waals surface area (Å²) in [5.74, 6) is -0.969. The first-order valence-electron chi connectivity index (χ1n) is 4.21. The number of hydrogen-bond donors (Lipinski definition) is 1. The molecule has 0 aliphatic rings. The second-order valence-electron chi connectivity index (χ2n) is 2.61. The van der Waals surface area contributed by atoms with Gasteiger partial charge in [-0.25, -0.2) is 4.79 Å². The minimum absolute atomic E-state index is 0.271. The molecule has 1 rings (SSSR count). The van der Waals surface area contributed by atoms with Crippen LogP contribution in [0, 0.1) is 0 Å². The summed E-state index contributed by atoms with van der Waals surface area (Å²) in [7, 11) is 1.38. The van der Waals surface area contributed by atoms with Crippen molar-refractivity contribution in [1.82, 2.24) is 0 Å². The van der Waals surface area contributed by atoms with Gasteiger partial charge in [0.25, 0.3) is 0 Å². The molecule has 1 N–H and O–H groups in total. The van der Waals surface area contributed by atoms with Gasteiger partial charge >= 0.3 is 9.15 Å². The molecule has 1 unspecified atom stereocenters. The lowest BCUT2D eigenvalue weighted by atomic mass is 10.1. The van der Waals surface area contributed by atoms with Crippen molar-refractivity contribution in [3.05, 3.63) is 35.9 Å². The molecule has 0 radical (unpaired) electrons. The number of rotatable bonds is 3. The maximum Gasteiger partial charge on any atom is 0.369 e. The molecule has 7 heteroatoms. The predicted molar refractivity (Wildman–Crippen MR) is 76.4 cm³/mol. The van der Waals surface area contributed by atoms with Gasteiger partial charge in [-0.2, -0.15) is 0 Å². The lowest BCUT2D eigenvalue weighted by Gasteiger charge is -2.09. The first-order chi connectivity index (χ1) is 7.49. The van der Waals surface area contributed by atoms with Crippen LogP contribution in [0.2, 0.25) is 0 Å². The minimum Gasteiger partial charge on any atom is -0.479 e. The smallest absolute Gasteiger partial charge is 0.369 e. The summed E-state index contributed by atoms with van der Waals surface area (Å²) in [4.78, 5) is 10.6. The highest BCUT2D eigenvalue weighted by atomic mass is 79.9. The molecule has 3 nitrogen and oxygen atoms in total. The molecule has 0 amide bonds. The molecule has 1 aromatic carbocycles. The number of benzene rings is 1. The Balaban J connectivity index is 0.000000487. The van der Waals surface area contributed by atoms with Crippen molar-refractivity contribution in [2.45, 2.75) is 6.10 Å². The fourth-order valence-corrected chi connectivity index (χ4v) is 1.01. The summed E-state index contributed by atoms with van der Waals surface area (Å²) in [5, 5.41) is 8.70. The van der Waals surface area contributed by atoms with Crippen LogP contribution in [-0.4, -0.2) is 21.4 Å². The molecule has 0 fully saturated rings. The standard InChI is InChI=1S/C9H10O3.BBr3/c1-12-8(9(10)11)7-5-3-2-4-6-7;2-1(3)4/h2-6,8H,1H3,(H,10,11);. The maximum absolute atomic E-state index is 10.6. The van der Waals surface area contributed by atoms with Crippen LogP contribution >= 0.6 is 47.3 Å². The zero-order chi connectivity index (χ0) is 12.6. The number of carboxylic acid groups (broad SMARTS) is 1. The summed E-state index contributed by atoms with van der Waals surface area (Å²) in [6, 6.07) is 8.84. The largest absolute Gasteiger partial charge is 0.479 e. The van der Waals surface area contributed by atoms with E-state index in [1.807, 2.05) is 6.07 Å². The van der Waals surface area contributed by atoms with Gasteiger partial charge in [-0.05, 0) is 5.56 Å². The third kappa shape index (κ3) is 7.43. The molecule has 0 aliphatic carbocycles. The number of halogens is 3. The highest BCUT2D eigenvalue weighted by molar-refractivity contribution is 9.69. The number of hydrogen-bond acceptors (Lipinski definition) is 2. The van der Waals surface area contributed by atoms with Crippen LogP contribution < -0.4 is 0 Å². The van der Waals surface area contributed by atoms with Gasteiger partial charge in [0.2, 0.25) is 0 Å². The molecule has 0 spiro atoms. The van der Waals surface area contributed by atoms with Crippen molar-refractivity contribution in [2.24, 2.45) is 0 Å². The fraction of sp³-hybridized carbons (Fsp3) is 0.222. The van der Waals surface area contributed by atoms with E-state index in [2.05, 4.69) is 47.3 Å². The summed E-state index contributed by atoms with van der Waals surface area (Å²) in [6.45, 7) is 0. The van der Waals surface area contributed by atoms with Crippen LogP contribution in [0.1, 0.15) is 11.7 Å². The number of carboxylic acids is 1. The summed E-state index contributed by atoms with van der Waals surface area (Å²) < 4.78 is 5.07. The number of methoxy groups -OCH3 is 1. The molecule has 0 saturated heterocycles. The molecular weight excluding hydrogens is 407 g/mol. The van der Waals surface area contributed by atoms with Gasteiger partial charge < -0.3 is 9.84 Å². The minimum atomic E-state index is -0.969. The molecule has 16 heavy (non-hydrogen) atoms. The molecule has 0 heterocycles. The van der Waals surface area contributed by atoms with Crippen LogP contribution in [0.4, 0.5) is 0 Å². The van der Waals surface area contributed by atoms with Crippen molar-refractivity contribution in [3.63, 3.8) is 0 Å². The molecule has 0 saturated carbocycles. The molecule has 1 atom stereocenters. The van der Waals surface area contributed by atoms with Crippen LogP contribution in [0.25, 0.3) is 0 Å². The van der Waals surface area contributed by atoms with Crippen molar-refractivity contribution in [1.29, 1.82) is 0 Å². The van der Waals surface area contributed by atoms with Crippen molar-refractivity contribution < 1.29 is 14.6 Å². The van der Waals surface area contributed by atoms with E-state index in [9.17, 15) is 4.79 Å². The molecule has 88 valence electrons. The van der Waals surface area contributed by atoms with E-state index in [4.69, 9.17) is 9.84 Å². The van der Waals surface area contributed by atoms with Crippen molar-refractivity contribution >= 4 is 56.4 Å². The topological polar surface area (TPSA) is 46.5 Å². The molecule has 0 aromatic heterocycles. The quantitative estimate of drug-likeness (QED) is 0.766.